The van der Waals surface area contributed by atoms with Gasteiger partial charge in [-0.3, -0.25) is 4.99 Å². The lowest BCUT2D eigenvalue weighted by Gasteiger charge is -2.21. The van der Waals surface area contributed by atoms with Gasteiger partial charge in [-0.15, -0.1) is 11.3 Å². The second-order valence-electron chi connectivity index (χ2n) is 5.33. The van der Waals surface area contributed by atoms with Crippen molar-refractivity contribution in [1.82, 2.24) is 10.2 Å². The fourth-order valence-corrected chi connectivity index (χ4v) is 3.07. The lowest BCUT2D eigenvalue weighted by atomic mass is 10.1. The molecule has 2 rings (SSSR count). The number of ether oxygens (including phenoxy) is 1. The van der Waals surface area contributed by atoms with Crippen LogP contribution in [0.15, 0.2) is 46.8 Å². The summed E-state index contributed by atoms with van der Waals surface area (Å²) < 4.78 is 5.26. The molecule has 0 spiro atoms. The van der Waals surface area contributed by atoms with Gasteiger partial charge in [0.25, 0.3) is 0 Å². The van der Waals surface area contributed by atoms with Crippen molar-refractivity contribution in [2.24, 2.45) is 4.99 Å². The SMILES string of the molecule is CN=C(NCCc1cccc(OC)c1)N(C)CCc1cccs1. The van der Waals surface area contributed by atoms with Gasteiger partial charge in [0.2, 0.25) is 0 Å². The van der Waals surface area contributed by atoms with Crippen LogP contribution >= 0.6 is 11.3 Å². The van der Waals surface area contributed by atoms with Crippen molar-refractivity contribution in [3.8, 4) is 5.75 Å². The van der Waals surface area contributed by atoms with E-state index < -0.39 is 0 Å². The Hall–Kier alpha value is -2.01. The summed E-state index contributed by atoms with van der Waals surface area (Å²) >= 11 is 1.80. The summed E-state index contributed by atoms with van der Waals surface area (Å²) in [6, 6.07) is 12.5. The number of rotatable bonds is 7. The summed E-state index contributed by atoms with van der Waals surface area (Å²) in [6.07, 6.45) is 1.99. The van der Waals surface area contributed by atoms with E-state index in [1.54, 1.807) is 18.4 Å². The van der Waals surface area contributed by atoms with Gasteiger partial charge >= 0.3 is 0 Å². The minimum Gasteiger partial charge on any atom is -0.497 e. The van der Waals surface area contributed by atoms with Crippen LogP contribution in [0.2, 0.25) is 0 Å². The number of thiophene rings is 1. The quantitative estimate of drug-likeness (QED) is 0.626. The Morgan fingerprint density at radius 1 is 1.26 bits per heavy atom. The first-order chi connectivity index (χ1) is 11.2. The van der Waals surface area contributed by atoms with Crippen molar-refractivity contribution in [3.63, 3.8) is 0 Å². The standard InChI is InChI=1S/C18H25N3OS/c1-19-18(21(2)12-10-17-8-5-13-23-17)20-11-9-15-6-4-7-16(14-15)22-3/h4-8,13-14H,9-12H2,1-3H3,(H,19,20). The first kappa shape index (κ1) is 17.3. The molecule has 124 valence electrons. The average molecular weight is 331 g/mol. The monoisotopic (exact) mass is 331 g/mol. The molecule has 0 saturated heterocycles. The van der Waals surface area contributed by atoms with E-state index in [1.807, 2.05) is 19.2 Å². The molecule has 5 heteroatoms. The predicted molar refractivity (Wildman–Crippen MR) is 98.7 cm³/mol. The molecule has 23 heavy (non-hydrogen) atoms. The van der Waals surface area contributed by atoms with E-state index in [1.165, 1.54) is 10.4 Å². The van der Waals surface area contributed by atoms with Crippen molar-refractivity contribution in [2.45, 2.75) is 12.8 Å². The Labute approximate surface area is 142 Å². The molecule has 0 fully saturated rings. The number of guanidine groups is 1. The summed E-state index contributed by atoms with van der Waals surface area (Å²) in [6.45, 7) is 1.81. The van der Waals surface area contributed by atoms with E-state index in [9.17, 15) is 0 Å². The highest BCUT2D eigenvalue weighted by molar-refractivity contribution is 7.09. The van der Waals surface area contributed by atoms with E-state index in [4.69, 9.17) is 4.74 Å². The van der Waals surface area contributed by atoms with Crippen LogP contribution in [0.25, 0.3) is 0 Å². The molecule has 0 aliphatic heterocycles. The lowest BCUT2D eigenvalue weighted by Crippen LogP contribution is -2.40. The largest absolute Gasteiger partial charge is 0.497 e. The minimum atomic E-state index is 0.850. The van der Waals surface area contributed by atoms with E-state index in [2.05, 4.69) is 51.9 Å². The van der Waals surface area contributed by atoms with E-state index in [-0.39, 0.29) is 0 Å². The van der Waals surface area contributed by atoms with Crippen LogP contribution in [-0.4, -0.2) is 45.2 Å². The zero-order chi connectivity index (χ0) is 16.5. The maximum absolute atomic E-state index is 5.26. The Balaban J connectivity index is 1.77. The minimum absolute atomic E-state index is 0.850. The molecule has 0 aliphatic rings. The van der Waals surface area contributed by atoms with Crippen LogP contribution < -0.4 is 10.1 Å². The normalized spacial score (nSPS) is 11.3. The number of aliphatic imine (C=N–C) groups is 1. The van der Waals surface area contributed by atoms with Gasteiger partial charge in [-0.2, -0.15) is 0 Å². The summed E-state index contributed by atoms with van der Waals surface area (Å²) in [5.74, 6) is 1.84. The Morgan fingerprint density at radius 3 is 2.83 bits per heavy atom. The molecule has 0 amide bonds. The fourth-order valence-electron chi connectivity index (χ4n) is 2.37. The van der Waals surface area contributed by atoms with Crippen LogP contribution in [0.1, 0.15) is 10.4 Å². The zero-order valence-corrected chi connectivity index (χ0v) is 14.9. The average Bonchev–Trinajstić information content (AvgIpc) is 3.10. The zero-order valence-electron chi connectivity index (χ0n) is 14.1. The second-order valence-corrected chi connectivity index (χ2v) is 6.36. The molecule has 0 saturated carbocycles. The van der Waals surface area contributed by atoms with Gasteiger partial charge in [-0.1, -0.05) is 18.2 Å². The Kier molecular flexibility index (Phi) is 6.94. The third-order valence-corrected chi connectivity index (χ3v) is 4.61. The molecule has 0 aliphatic carbocycles. The molecule has 4 nitrogen and oxygen atoms in total. The highest BCUT2D eigenvalue weighted by atomic mass is 32.1. The molecule has 0 unspecified atom stereocenters. The molecular weight excluding hydrogens is 306 g/mol. The van der Waals surface area contributed by atoms with Crippen molar-refractivity contribution in [2.75, 3.05) is 34.3 Å². The van der Waals surface area contributed by atoms with Gasteiger partial charge in [0.05, 0.1) is 7.11 Å². The summed E-state index contributed by atoms with van der Waals surface area (Å²) in [4.78, 5) is 7.94. The topological polar surface area (TPSA) is 36.9 Å². The number of methoxy groups -OCH3 is 1. The van der Waals surface area contributed by atoms with Gasteiger partial charge in [0.15, 0.2) is 5.96 Å². The maximum atomic E-state index is 5.26. The molecule has 1 aromatic carbocycles. The van der Waals surface area contributed by atoms with Gasteiger partial charge in [0.1, 0.15) is 5.75 Å². The smallest absolute Gasteiger partial charge is 0.193 e. The van der Waals surface area contributed by atoms with Gasteiger partial charge in [-0.05, 0) is 42.0 Å². The van der Waals surface area contributed by atoms with Crippen molar-refractivity contribution in [1.29, 1.82) is 0 Å². The Bertz CT molecular complexity index is 610. The Morgan fingerprint density at radius 2 is 2.13 bits per heavy atom. The maximum Gasteiger partial charge on any atom is 0.193 e. The molecule has 1 heterocycles. The number of hydrogen-bond donors (Lipinski definition) is 1. The predicted octanol–water partition coefficient (Wildman–Crippen LogP) is 3.05. The van der Waals surface area contributed by atoms with Crippen molar-refractivity contribution < 1.29 is 4.74 Å². The lowest BCUT2D eigenvalue weighted by molar-refractivity contribution is 0.414. The third-order valence-electron chi connectivity index (χ3n) is 3.68. The first-order valence-electron chi connectivity index (χ1n) is 7.80. The summed E-state index contributed by atoms with van der Waals surface area (Å²) in [5, 5.41) is 5.55. The first-order valence-corrected chi connectivity index (χ1v) is 8.68. The third kappa shape index (κ3) is 5.60. The summed E-state index contributed by atoms with van der Waals surface area (Å²) in [7, 11) is 5.60. The van der Waals surface area contributed by atoms with E-state index in [0.717, 1.165) is 37.6 Å². The van der Waals surface area contributed by atoms with Crippen LogP contribution in [0.4, 0.5) is 0 Å². The van der Waals surface area contributed by atoms with Crippen LogP contribution in [0.5, 0.6) is 5.75 Å². The van der Waals surface area contributed by atoms with Crippen LogP contribution in [0, 0.1) is 0 Å². The highest BCUT2D eigenvalue weighted by Crippen LogP contribution is 2.12. The van der Waals surface area contributed by atoms with Crippen molar-refractivity contribution >= 4 is 17.3 Å². The van der Waals surface area contributed by atoms with Gasteiger partial charge in [0, 0.05) is 32.1 Å². The number of benzene rings is 1. The molecule has 0 atom stereocenters. The number of likely N-dealkylation sites (N-methyl/N-ethyl adjacent to an activating group) is 1. The fraction of sp³-hybridized carbons (Fsp3) is 0.389. The molecule has 0 bridgehead atoms. The van der Waals surface area contributed by atoms with Crippen molar-refractivity contribution in [3.05, 3.63) is 52.2 Å². The van der Waals surface area contributed by atoms with Crippen LogP contribution in [-0.2, 0) is 12.8 Å². The second kappa shape index (κ2) is 9.20. The number of nitrogens with one attached hydrogen (secondary N) is 1. The van der Waals surface area contributed by atoms with Crippen LogP contribution in [0.3, 0.4) is 0 Å². The molecule has 2 aromatic rings. The molecule has 1 aromatic heterocycles. The van der Waals surface area contributed by atoms with E-state index >= 15 is 0 Å². The summed E-state index contributed by atoms with van der Waals surface area (Å²) in [5.41, 5.74) is 1.26. The van der Waals surface area contributed by atoms with E-state index in [0.29, 0.717) is 0 Å². The number of nitrogens with zero attached hydrogens (tertiary/aromatic N) is 2. The highest BCUT2D eigenvalue weighted by Gasteiger charge is 2.06. The molecule has 1 N–H and O–H groups in total. The van der Waals surface area contributed by atoms with Gasteiger partial charge < -0.3 is 15.0 Å². The molecule has 0 radical (unpaired) electrons. The van der Waals surface area contributed by atoms with Gasteiger partial charge in [-0.25, -0.2) is 0 Å². The number of hydrogen-bond acceptors (Lipinski definition) is 3. The molecular formula is C18H25N3OS.